The summed E-state index contributed by atoms with van der Waals surface area (Å²) < 4.78 is 10.9. The maximum absolute atomic E-state index is 6.09. The van der Waals surface area contributed by atoms with Crippen molar-refractivity contribution in [3.8, 4) is 11.7 Å². The van der Waals surface area contributed by atoms with Gasteiger partial charge in [-0.15, -0.1) is 0 Å². The molecule has 5 heteroatoms. The predicted molar refractivity (Wildman–Crippen MR) is 75.6 cm³/mol. The minimum Gasteiger partial charge on any atom is -0.426 e. The molecule has 0 atom stereocenters. The van der Waals surface area contributed by atoms with E-state index in [4.69, 9.17) is 38.7 Å². The number of ether oxygens (including phenoxy) is 1. The van der Waals surface area contributed by atoms with Crippen LogP contribution >= 0.6 is 23.8 Å². The van der Waals surface area contributed by atoms with E-state index in [0.717, 1.165) is 16.1 Å². The van der Waals surface area contributed by atoms with Gasteiger partial charge < -0.3 is 14.9 Å². The highest BCUT2D eigenvalue weighted by molar-refractivity contribution is 7.80. The zero-order valence-electron chi connectivity index (χ0n) is 9.99. The number of thiocarbonyl (C=S) groups is 1. The number of aryl methyl sites for hydroxylation is 2. The minimum absolute atomic E-state index is 0.202. The smallest absolute Gasteiger partial charge is 0.290 e. The van der Waals surface area contributed by atoms with Crippen LogP contribution in [0.15, 0.2) is 28.7 Å². The standard InChI is InChI=1S/C13H12ClNO2S/c1-7-5-9(6-8(2)12(7)14)16-11-4-3-10(17-11)13(15)18/h3-6H,1-2H3,(H2,15,18). The second-order valence-electron chi connectivity index (χ2n) is 3.96. The monoisotopic (exact) mass is 281 g/mol. The van der Waals surface area contributed by atoms with Gasteiger partial charge in [-0.05, 0) is 43.2 Å². The quantitative estimate of drug-likeness (QED) is 0.865. The molecule has 0 unspecified atom stereocenters. The maximum atomic E-state index is 6.09. The first-order chi connectivity index (χ1) is 8.47. The number of nitrogens with two attached hydrogens (primary N) is 1. The Balaban J connectivity index is 2.25. The third kappa shape index (κ3) is 2.66. The Morgan fingerprint density at radius 3 is 2.39 bits per heavy atom. The van der Waals surface area contributed by atoms with E-state index in [1.165, 1.54) is 0 Å². The van der Waals surface area contributed by atoms with E-state index in [9.17, 15) is 0 Å². The molecule has 18 heavy (non-hydrogen) atoms. The van der Waals surface area contributed by atoms with Gasteiger partial charge in [-0.3, -0.25) is 0 Å². The molecule has 0 saturated heterocycles. The molecule has 0 aliphatic heterocycles. The summed E-state index contributed by atoms with van der Waals surface area (Å²) in [5, 5.41) is 0.741. The van der Waals surface area contributed by atoms with E-state index in [1.54, 1.807) is 12.1 Å². The van der Waals surface area contributed by atoms with Crippen LogP contribution in [0.5, 0.6) is 11.7 Å². The normalized spacial score (nSPS) is 10.4. The molecule has 0 bridgehead atoms. The summed E-state index contributed by atoms with van der Waals surface area (Å²) in [6.45, 7) is 3.84. The second kappa shape index (κ2) is 5.00. The maximum Gasteiger partial charge on any atom is 0.290 e. The zero-order valence-corrected chi connectivity index (χ0v) is 11.6. The Bertz CT molecular complexity index is 584. The Hall–Kier alpha value is -1.52. The highest BCUT2D eigenvalue weighted by atomic mass is 35.5. The van der Waals surface area contributed by atoms with Crippen molar-refractivity contribution in [3.63, 3.8) is 0 Å². The van der Waals surface area contributed by atoms with E-state index >= 15 is 0 Å². The van der Waals surface area contributed by atoms with Gasteiger partial charge in [0.15, 0.2) is 5.76 Å². The van der Waals surface area contributed by atoms with Crippen LogP contribution in [0.1, 0.15) is 16.9 Å². The van der Waals surface area contributed by atoms with Crippen molar-refractivity contribution in [2.24, 2.45) is 5.73 Å². The molecule has 0 spiro atoms. The molecule has 0 fully saturated rings. The molecular weight excluding hydrogens is 270 g/mol. The number of furan rings is 1. The zero-order chi connectivity index (χ0) is 13.3. The molecule has 1 heterocycles. The molecule has 2 N–H and O–H groups in total. The van der Waals surface area contributed by atoms with Crippen LogP contribution in [0.4, 0.5) is 0 Å². The van der Waals surface area contributed by atoms with Crippen LogP contribution in [-0.2, 0) is 0 Å². The molecule has 0 saturated carbocycles. The van der Waals surface area contributed by atoms with Crippen LogP contribution in [0.2, 0.25) is 5.02 Å². The highest BCUT2D eigenvalue weighted by Crippen LogP contribution is 2.29. The predicted octanol–water partition coefficient (Wildman–Crippen LogP) is 3.98. The second-order valence-corrected chi connectivity index (χ2v) is 4.77. The van der Waals surface area contributed by atoms with Crippen LogP contribution in [0.3, 0.4) is 0 Å². The van der Waals surface area contributed by atoms with Gasteiger partial charge in [0.2, 0.25) is 0 Å². The molecule has 2 rings (SSSR count). The van der Waals surface area contributed by atoms with Crippen LogP contribution in [0.25, 0.3) is 0 Å². The Labute approximate surface area is 115 Å². The fourth-order valence-electron chi connectivity index (χ4n) is 1.59. The van der Waals surface area contributed by atoms with Gasteiger partial charge in [-0.1, -0.05) is 23.8 Å². The molecule has 2 aromatic rings. The topological polar surface area (TPSA) is 48.4 Å². The van der Waals surface area contributed by atoms with Gasteiger partial charge in [-0.2, -0.15) is 0 Å². The summed E-state index contributed by atoms with van der Waals surface area (Å²) in [5.41, 5.74) is 7.36. The van der Waals surface area contributed by atoms with Gasteiger partial charge >= 0.3 is 0 Å². The first-order valence-electron chi connectivity index (χ1n) is 5.31. The molecule has 1 aromatic carbocycles. The average Bonchev–Trinajstić information content (AvgIpc) is 2.74. The first kappa shape index (κ1) is 12.9. The van der Waals surface area contributed by atoms with Crippen molar-refractivity contribution < 1.29 is 9.15 Å². The molecule has 0 aliphatic carbocycles. The number of hydrogen-bond acceptors (Lipinski definition) is 3. The van der Waals surface area contributed by atoms with Crippen molar-refractivity contribution >= 4 is 28.8 Å². The molecular formula is C13H12ClNO2S. The van der Waals surface area contributed by atoms with Gasteiger partial charge in [0.05, 0.1) is 0 Å². The molecule has 1 aromatic heterocycles. The summed E-state index contributed by atoms with van der Waals surface area (Å²) >= 11 is 10.9. The summed E-state index contributed by atoms with van der Waals surface area (Å²) in [6.07, 6.45) is 0. The fourth-order valence-corrected chi connectivity index (χ4v) is 1.81. The summed E-state index contributed by atoms with van der Waals surface area (Å²) in [7, 11) is 0. The van der Waals surface area contributed by atoms with E-state index < -0.39 is 0 Å². The van der Waals surface area contributed by atoms with Gasteiger partial charge in [0.25, 0.3) is 5.95 Å². The lowest BCUT2D eigenvalue weighted by molar-refractivity contribution is 0.344. The lowest BCUT2D eigenvalue weighted by Gasteiger charge is -2.07. The van der Waals surface area contributed by atoms with E-state index in [1.807, 2.05) is 26.0 Å². The van der Waals surface area contributed by atoms with E-state index in [-0.39, 0.29) is 4.99 Å². The average molecular weight is 282 g/mol. The number of halogens is 1. The lowest BCUT2D eigenvalue weighted by Crippen LogP contribution is -2.07. The Morgan fingerprint density at radius 2 is 1.89 bits per heavy atom. The lowest BCUT2D eigenvalue weighted by atomic mass is 10.1. The van der Waals surface area contributed by atoms with Gasteiger partial charge in [0.1, 0.15) is 10.7 Å². The van der Waals surface area contributed by atoms with Crippen molar-refractivity contribution in [2.45, 2.75) is 13.8 Å². The molecule has 0 aliphatic rings. The SMILES string of the molecule is Cc1cc(Oc2ccc(C(N)=S)o2)cc(C)c1Cl. The van der Waals surface area contributed by atoms with Crippen LogP contribution in [0, 0.1) is 13.8 Å². The summed E-state index contributed by atoms with van der Waals surface area (Å²) in [4.78, 5) is 0.202. The van der Waals surface area contributed by atoms with E-state index in [0.29, 0.717) is 17.5 Å². The number of rotatable bonds is 3. The largest absolute Gasteiger partial charge is 0.426 e. The molecule has 0 radical (unpaired) electrons. The van der Waals surface area contributed by atoms with Gasteiger partial charge in [-0.25, -0.2) is 0 Å². The van der Waals surface area contributed by atoms with Crippen molar-refractivity contribution in [1.29, 1.82) is 0 Å². The number of benzene rings is 1. The molecule has 3 nitrogen and oxygen atoms in total. The van der Waals surface area contributed by atoms with Crippen LogP contribution < -0.4 is 10.5 Å². The molecule has 0 amide bonds. The van der Waals surface area contributed by atoms with E-state index in [2.05, 4.69) is 0 Å². The highest BCUT2D eigenvalue weighted by Gasteiger charge is 2.08. The van der Waals surface area contributed by atoms with Crippen LogP contribution in [-0.4, -0.2) is 4.99 Å². The minimum atomic E-state index is 0.202. The third-order valence-electron chi connectivity index (χ3n) is 2.45. The summed E-state index contributed by atoms with van der Waals surface area (Å²) in [5.74, 6) is 1.44. The Morgan fingerprint density at radius 1 is 1.28 bits per heavy atom. The summed E-state index contributed by atoms with van der Waals surface area (Å²) in [6, 6.07) is 7.04. The van der Waals surface area contributed by atoms with Gasteiger partial charge in [0, 0.05) is 11.1 Å². The number of hydrogen-bond donors (Lipinski definition) is 1. The Kier molecular flexibility index (Phi) is 3.59. The fraction of sp³-hybridized carbons (Fsp3) is 0.154. The first-order valence-corrected chi connectivity index (χ1v) is 6.10. The molecule has 94 valence electrons. The van der Waals surface area contributed by atoms with Crippen molar-refractivity contribution in [1.82, 2.24) is 0 Å². The van der Waals surface area contributed by atoms with Crippen molar-refractivity contribution in [2.75, 3.05) is 0 Å². The third-order valence-corrected chi connectivity index (χ3v) is 3.25. The van der Waals surface area contributed by atoms with Crippen molar-refractivity contribution in [3.05, 3.63) is 46.2 Å².